The van der Waals surface area contributed by atoms with Crippen molar-refractivity contribution < 1.29 is 9.15 Å². The van der Waals surface area contributed by atoms with E-state index in [9.17, 15) is 0 Å². The molecule has 5 nitrogen and oxygen atoms in total. The Morgan fingerprint density at radius 1 is 1.53 bits per heavy atom. The van der Waals surface area contributed by atoms with Gasteiger partial charge >= 0.3 is 6.01 Å². The maximum Gasteiger partial charge on any atom is 0.318 e. The van der Waals surface area contributed by atoms with Gasteiger partial charge in [0.2, 0.25) is 5.89 Å². The number of hydrogen-bond donors (Lipinski definition) is 0. The SMILES string of the molecule is CCC1CN(c2nnc(CCl)o2)CCO1. The largest absolute Gasteiger partial charge is 0.407 e. The predicted molar refractivity (Wildman–Crippen MR) is 56.1 cm³/mol. The molecule has 2 rings (SSSR count). The van der Waals surface area contributed by atoms with Crippen molar-refractivity contribution in [2.45, 2.75) is 25.3 Å². The Hall–Kier alpha value is -0.810. The molecule has 0 amide bonds. The fourth-order valence-corrected chi connectivity index (χ4v) is 1.67. The van der Waals surface area contributed by atoms with Gasteiger partial charge in [0.15, 0.2) is 0 Å². The minimum Gasteiger partial charge on any atom is -0.407 e. The van der Waals surface area contributed by atoms with Gasteiger partial charge in [0.1, 0.15) is 5.88 Å². The molecule has 6 heteroatoms. The Morgan fingerprint density at radius 3 is 3.07 bits per heavy atom. The fraction of sp³-hybridized carbons (Fsp3) is 0.778. The second-order valence-corrected chi connectivity index (χ2v) is 3.73. The van der Waals surface area contributed by atoms with Gasteiger partial charge in [0.25, 0.3) is 0 Å². The molecule has 84 valence electrons. The molecule has 0 spiro atoms. The highest BCUT2D eigenvalue weighted by Gasteiger charge is 2.22. The highest BCUT2D eigenvalue weighted by atomic mass is 35.5. The summed E-state index contributed by atoms with van der Waals surface area (Å²) in [6, 6.07) is 0.549. The van der Waals surface area contributed by atoms with Crippen LogP contribution >= 0.6 is 11.6 Å². The Balaban J connectivity index is 2.03. The molecule has 0 N–H and O–H groups in total. The summed E-state index contributed by atoms with van der Waals surface area (Å²) in [5.41, 5.74) is 0. The van der Waals surface area contributed by atoms with Crippen LogP contribution in [0.15, 0.2) is 4.42 Å². The van der Waals surface area contributed by atoms with Crippen LogP contribution in [0.2, 0.25) is 0 Å². The number of morpholine rings is 1. The molecule has 1 aliphatic rings. The molecular weight excluding hydrogens is 218 g/mol. The maximum atomic E-state index is 5.60. The lowest BCUT2D eigenvalue weighted by atomic mass is 10.2. The van der Waals surface area contributed by atoms with Gasteiger partial charge in [0, 0.05) is 13.1 Å². The molecule has 2 heterocycles. The van der Waals surface area contributed by atoms with Crippen LogP contribution in [0.5, 0.6) is 0 Å². The summed E-state index contributed by atoms with van der Waals surface area (Å²) in [6.45, 7) is 4.41. The fourth-order valence-electron chi connectivity index (χ4n) is 1.57. The van der Waals surface area contributed by atoms with E-state index in [1.54, 1.807) is 0 Å². The Morgan fingerprint density at radius 2 is 2.40 bits per heavy atom. The van der Waals surface area contributed by atoms with E-state index in [0.29, 0.717) is 18.5 Å². The first-order valence-corrected chi connectivity index (χ1v) is 5.61. The molecule has 0 aliphatic carbocycles. The standard InChI is InChI=1S/C9H14ClN3O2/c1-2-7-6-13(3-4-14-7)9-12-11-8(5-10)15-9/h7H,2-6H2,1H3. The van der Waals surface area contributed by atoms with Crippen LogP contribution in [0, 0.1) is 0 Å². The Kier molecular flexibility index (Phi) is 3.43. The summed E-state index contributed by atoms with van der Waals surface area (Å²) >= 11 is 5.60. The zero-order valence-electron chi connectivity index (χ0n) is 8.65. The summed E-state index contributed by atoms with van der Waals surface area (Å²) in [4.78, 5) is 2.04. The van der Waals surface area contributed by atoms with Crippen LogP contribution in [-0.4, -0.2) is 36.0 Å². The lowest BCUT2D eigenvalue weighted by Gasteiger charge is -2.30. The van der Waals surface area contributed by atoms with Gasteiger partial charge in [-0.3, -0.25) is 0 Å². The van der Waals surface area contributed by atoms with E-state index < -0.39 is 0 Å². The summed E-state index contributed by atoms with van der Waals surface area (Å²) in [6.07, 6.45) is 1.25. The van der Waals surface area contributed by atoms with Crippen molar-refractivity contribution in [1.82, 2.24) is 10.2 Å². The molecule has 1 aliphatic heterocycles. The maximum absolute atomic E-state index is 5.60. The smallest absolute Gasteiger partial charge is 0.318 e. The molecule has 1 atom stereocenters. The van der Waals surface area contributed by atoms with E-state index in [-0.39, 0.29) is 12.0 Å². The zero-order chi connectivity index (χ0) is 10.7. The molecule has 1 unspecified atom stereocenters. The van der Waals surface area contributed by atoms with Crippen molar-refractivity contribution in [2.24, 2.45) is 0 Å². The van der Waals surface area contributed by atoms with Gasteiger partial charge < -0.3 is 14.1 Å². The number of nitrogens with zero attached hydrogens (tertiary/aromatic N) is 3. The monoisotopic (exact) mass is 231 g/mol. The van der Waals surface area contributed by atoms with E-state index in [4.69, 9.17) is 20.8 Å². The number of anilines is 1. The van der Waals surface area contributed by atoms with Gasteiger partial charge in [0.05, 0.1) is 12.7 Å². The first kappa shape index (κ1) is 10.7. The third-order valence-corrected chi connectivity index (χ3v) is 2.66. The van der Waals surface area contributed by atoms with Crippen molar-refractivity contribution in [2.75, 3.05) is 24.6 Å². The molecule has 1 aromatic rings. The average Bonchev–Trinajstić information content (AvgIpc) is 2.78. The Labute approximate surface area is 93.4 Å². The van der Waals surface area contributed by atoms with Crippen LogP contribution in [0.1, 0.15) is 19.2 Å². The first-order chi connectivity index (χ1) is 7.33. The normalized spacial score (nSPS) is 22.0. The molecule has 0 radical (unpaired) electrons. The highest BCUT2D eigenvalue weighted by molar-refractivity contribution is 6.16. The molecule has 0 bridgehead atoms. The molecule has 15 heavy (non-hydrogen) atoms. The summed E-state index contributed by atoms with van der Waals surface area (Å²) < 4.78 is 10.9. The van der Waals surface area contributed by atoms with E-state index >= 15 is 0 Å². The number of alkyl halides is 1. The molecule has 1 aromatic heterocycles. The van der Waals surface area contributed by atoms with E-state index in [1.165, 1.54) is 0 Å². The van der Waals surface area contributed by atoms with Gasteiger partial charge in [-0.25, -0.2) is 0 Å². The number of aromatic nitrogens is 2. The van der Waals surface area contributed by atoms with Crippen molar-refractivity contribution >= 4 is 17.6 Å². The molecule has 0 aromatic carbocycles. The summed E-state index contributed by atoms with van der Waals surface area (Å²) in [5.74, 6) is 0.723. The van der Waals surface area contributed by atoms with Crippen molar-refractivity contribution in [3.8, 4) is 0 Å². The zero-order valence-corrected chi connectivity index (χ0v) is 9.40. The van der Waals surface area contributed by atoms with E-state index in [1.807, 2.05) is 4.90 Å². The van der Waals surface area contributed by atoms with E-state index in [2.05, 4.69) is 17.1 Å². The third-order valence-electron chi connectivity index (χ3n) is 2.44. The summed E-state index contributed by atoms with van der Waals surface area (Å²) in [7, 11) is 0. The highest BCUT2D eigenvalue weighted by Crippen LogP contribution is 2.17. The van der Waals surface area contributed by atoms with Crippen LogP contribution < -0.4 is 4.90 Å². The van der Waals surface area contributed by atoms with Crippen molar-refractivity contribution in [3.63, 3.8) is 0 Å². The number of hydrogen-bond acceptors (Lipinski definition) is 5. The first-order valence-electron chi connectivity index (χ1n) is 5.08. The third kappa shape index (κ3) is 2.41. The van der Waals surface area contributed by atoms with Gasteiger partial charge in [-0.05, 0) is 6.42 Å². The summed E-state index contributed by atoms with van der Waals surface area (Å²) in [5, 5.41) is 7.78. The molecule has 0 saturated carbocycles. The van der Waals surface area contributed by atoms with Crippen molar-refractivity contribution in [1.29, 1.82) is 0 Å². The predicted octanol–water partition coefficient (Wildman–Crippen LogP) is 1.42. The van der Waals surface area contributed by atoms with Gasteiger partial charge in [-0.1, -0.05) is 12.0 Å². The van der Waals surface area contributed by atoms with Crippen molar-refractivity contribution in [3.05, 3.63) is 5.89 Å². The second kappa shape index (κ2) is 4.81. The lowest BCUT2D eigenvalue weighted by molar-refractivity contribution is 0.0366. The number of rotatable bonds is 3. The van der Waals surface area contributed by atoms with Crippen LogP contribution in [0.3, 0.4) is 0 Å². The molecular formula is C9H14ClN3O2. The van der Waals surface area contributed by atoms with Gasteiger partial charge in [-0.2, -0.15) is 0 Å². The average molecular weight is 232 g/mol. The molecule has 1 saturated heterocycles. The van der Waals surface area contributed by atoms with Crippen LogP contribution in [-0.2, 0) is 10.6 Å². The minimum atomic E-state index is 0.255. The van der Waals surface area contributed by atoms with Crippen LogP contribution in [0.25, 0.3) is 0 Å². The number of ether oxygens (including phenoxy) is 1. The lowest BCUT2D eigenvalue weighted by Crippen LogP contribution is -2.42. The van der Waals surface area contributed by atoms with Crippen LogP contribution in [0.4, 0.5) is 6.01 Å². The second-order valence-electron chi connectivity index (χ2n) is 3.46. The van der Waals surface area contributed by atoms with E-state index in [0.717, 1.165) is 19.5 Å². The van der Waals surface area contributed by atoms with Gasteiger partial charge in [-0.15, -0.1) is 16.7 Å². The quantitative estimate of drug-likeness (QED) is 0.737. The molecule has 1 fully saturated rings. The minimum absolute atomic E-state index is 0.255. The number of halogens is 1. The topological polar surface area (TPSA) is 51.4 Å². The Bertz CT molecular complexity index is 318.